The van der Waals surface area contributed by atoms with Crippen LogP contribution in [0.15, 0.2) is 28.9 Å². The molecule has 2 N–H and O–H groups in total. The van der Waals surface area contributed by atoms with Gasteiger partial charge in [-0.2, -0.15) is 0 Å². The summed E-state index contributed by atoms with van der Waals surface area (Å²) in [6, 6.07) is 3.47. The number of furan rings is 1. The third-order valence-corrected chi connectivity index (χ3v) is 4.62. The fraction of sp³-hybridized carbons (Fsp3) is 0.556. The third kappa shape index (κ3) is 4.22. The first-order chi connectivity index (χ1) is 12.2. The lowest BCUT2D eigenvalue weighted by atomic mass is 9.97. The maximum absolute atomic E-state index is 12.7. The van der Waals surface area contributed by atoms with Crippen molar-refractivity contribution in [3.8, 4) is 0 Å². The Balaban J connectivity index is 1.64. The van der Waals surface area contributed by atoms with Crippen molar-refractivity contribution >= 4 is 6.03 Å². The number of carbonyl (C=O) groups excluding carboxylic acids is 1. The standard InChI is InChI=1S/C18H26N4O3/c1-3-14-6-7-16(25-14)15(12-24-2)21-18(23)22-10-4-5-13(11-22)17-19-8-9-20-17/h6-9,13,15H,3-5,10-12H2,1-2H3,(H,19,20)(H,21,23). The van der Waals surface area contributed by atoms with E-state index in [1.807, 2.05) is 30.2 Å². The molecule has 1 aliphatic rings. The third-order valence-electron chi connectivity index (χ3n) is 4.62. The van der Waals surface area contributed by atoms with E-state index < -0.39 is 0 Å². The summed E-state index contributed by atoms with van der Waals surface area (Å²) in [6.45, 7) is 3.82. The minimum atomic E-state index is -0.290. The van der Waals surface area contributed by atoms with E-state index in [1.165, 1.54) is 0 Å². The molecule has 2 aromatic rings. The molecule has 0 aromatic carbocycles. The van der Waals surface area contributed by atoms with Gasteiger partial charge in [-0.15, -0.1) is 0 Å². The van der Waals surface area contributed by atoms with Gasteiger partial charge in [-0.25, -0.2) is 9.78 Å². The van der Waals surface area contributed by atoms with Crippen LogP contribution in [0.3, 0.4) is 0 Å². The number of hydrogen-bond acceptors (Lipinski definition) is 4. The fourth-order valence-electron chi connectivity index (χ4n) is 3.26. The zero-order valence-electron chi connectivity index (χ0n) is 14.8. The number of nitrogens with one attached hydrogen (secondary N) is 2. The Labute approximate surface area is 147 Å². The quantitative estimate of drug-likeness (QED) is 0.842. The molecule has 0 spiro atoms. The van der Waals surface area contributed by atoms with E-state index in [-0.39, 0.29) is 18.0 Å². The van der Waals surface area contributed by atoms with E-state index in [0.717, 1.165) is 43.2 Å². The number of nitrogens with zero attached hydrogens (tertiary/aromatic N) is 2. The molecule has 1 saturated heterocycles. The summed E-state index contributed by atoms with van der Waals surface area (Å²) in [7, 11) is 1.62. The van der Waals surface area contributed by atoms with Gasteiger partial charge in [-0.3, -0.25) is 0 Å². The van der Waals surface area contributed by atoms with E-state index in [4.69, 9.17) is 9.15 Å². The summed E-state index contributed by atoms with van der Waals surface area (Å²) in [4.78, 5) is 22.1. The van der Waals surface area contributed by atoms with E-state index in [0.29, 0.717) is 13.2 Å². The lowest BCUT2D eigenvalue weighted by Gasteiger charge is -2.33. The highest BCUT2D eigenvalue weighted by molar-refractivity contribution is 5.74. The number of H-pyrrole nitrogens is 1. The number of urea groups is 1. The second-order valence-electron chi connectivity index (χ2n) is 6.37. The number of likely N-dealkylation sites (tertiary alicyclic amines) is 1. The zero-order chi connectivity index (χ0) is 17.6. The second kappa shape index (κ2) is 8.20. The molecule has 2 aromatic heterocycles. The van der Waals surface area contributed by atoms with Crippen LogP contribution in [0.4, 0.5) is 4.79 Å². The molecule has 2 atom stereocenters. The maximum atomic E-state index is 12.7. The number of piperidine rings is 1. The lowest BCUT2D eigenvalue weighted by Crippen LogP contribution is -2.46. The van der Waals surface area contributed by atoms with Gasteiger partial charge in [0.2, 0.25) is 0 Å². The Morgan fingerprint density at radius 1 is 1.56 bits per heavy atom. The minimum Gasteiger partial charge on any atom is -0.464 e. The first-order valence-electron chi connectivity index (χ1n) is 8.83. The molecular weight excluding hydrogens is 320 g/mol. The maximum Gasteiger partial charge on any atom is 0.318 e. The number of methoxy groups -OCH3 is 1. The van der Waals surface area contributed by atoms with Crippen molar-refractivity contribution in [2.75, 3.05) is 26.8 Å². The van der Waals surface area contributed by atoms with Crippen molar-refractivity contribution in [3.05, 3.63) is 41.9 Å². The van der Waals surface area contributed by atoms with E-state index in [1.54, 1.807) is 13.3 Å². The molecule has 7 nitrogen and oxygen atoms in total. The van der Waals surface area contributed by atoms with Crippen molar-refractivity contribution in [1.82, 2.24) is 20.2 Å². The van der Waals surface area contributed by atoms with Gasteiger partial charge in [-0.1, -0.05) is 6.92 Å². The molecule has 1 aliphatic heterocycles. The number of amides is 2. The largest absolute Gasteiger partial charge is 0.464 e. The van der Waals surface area contributed by atoms with Crippen LogP contribution in [-0.4, -0.2) is 47.7 Å². The molecule has 0 saturated carbocycles. The van der Waals surface area contributed by atoms with Crippen LogP contribution in [-0.2, 0) is 11.2 Å². The van der Waals surface area contributed by atoms with Crippen LogP contribution in [0.1, 0.15) is 49.1 Å². The topological polar surface area (TPSA) is 83.4 Å². The van der Waals surface area contributed by atoms with Crippen LogP contribution < -0.4 is 5.32 Å². The first-order valence-corrected chi connectivity index (χ1v) is 8.83. The molecule has 0 aliphatic carbocycles. The van der Waals surface area contributed by atoms with Crippen LogP contribution in [0.25, 0.3) is 0 Å². The average molecular weight is 346 g/mol. The van der Waals surface area contributed by atoms with Crippen molar-refractivity contribution in [1.29, 1.82) is 0 Å². The summed E-state index contributed by atoms with van der Waals surface area (Å²) < 4.78 is 11.0. The van der Waals surface area contributed by atoms with Gasteiger partial charge in [0.1, 0.15) is 23.4 Å². The molecule has 136 valence electrons. The molecule has 2 amide bonds. The van der Waals surface area contributed by atoms with Crippen LogP contribution in [0.2, 0.25) is 0 Å². The Morgan fingerprint density at radius 3 is 3.12 bits per heavy atom. The highest BCUT2D eigenvalue weighted by atomic mass is 16.5. The van der Waals surface area contributed by atoms with Crippen LogP contribution in [0.5, 0.6) is 0 Å². The molecular formula is C18H26N4O3. The molecule has 3 heterocycles. The monoisotopic (exact) mass is 346 g/mol. The SMILES string of the molecule is CCc1ccc(C(COC)NC(=O)N2CCCC(c3ncc[nH]3)C2)o1. The highest BCUT2D eigenvalue weighted by Gasteiger charge is 2.28. The molecule has 2 unspecified atom stereocenters. The summed E-state index contributed by atoms with van der Waals surface area (Å²) in [5.41, 5.74) is 0. The van der Waals surface area contributed by atoms with Gasteiger partial charge in [0.05, 0.1) is 6.61 Å². The molecule has 0 bridgehead atoms. The summed E-state index contributed by atoms with van der Waals surface area (Å²) in [5, 5.41) is 3.04. The Morgan fingerprint density at radius 2 is 2.44 bits per heavy atom. The summed E-state index contributed by atoms with van der Waals surface area (Å²) in [6.07, 6.45) is 6.41. The van der Waals surface area contributed by atoms with Crippen molar-refractivity contribution in [2.24, 2.45) is 0 Å². The number of aromatic nitrogens is 2. The molecule has 0 radical (unpaired) electrons. The first kappa shape index (κ1) is 17.5. The number of rotatable bonds is 6. The van der Waals surface area contributed by atoms with Crippen molar-refractivity contribution < 1.29 is 13.9 Å². The summed E-state index contributed by atoms with van der Waals surface area (Å²) >= 11 is 0. The normalized spacial score (nSPS) is 19.0. The van der Waals surface area contributed by atoms with Gasteiger partial charge >= 0.3 is 6.03 Å². The molecule has 25 heavy (non-hydrogen) atoms. The smallest absolute Gasteiger partial charge is 0.318 e. The Hall–Kier alpha value is -2.28. The number of carbonyl (C=O) groups is 1. The van der Waals surface area contributed by atoms with Gasteiger partial charge in [0.25, 0.3) is 0 Å². The molecule has 3 rings (SSSR count). The Bertz CT molecular complexity index is 668. The van der Waals surface area contributed by atoms with Gasteiger partial charge < -0.3 is 24.4 Å². The van der Waals surface area contributed by atoms with Gasteiger partial charge in [0.15, 0.2) is 0 Å². The number of ether oxygens (including phenoxy) is 1. The van der Waals surface area contributed by atoms with Crippen LogP contribution >= 0.6 is 0 Å². The van der Waals surface area contributed by atoms with E-state index in [9.17, 15) is 4.79 Å². The van der Waals surface area contributed by atoms with Crippen LogP contribution in [0, 0.1) is 0 Å². The van der Waals surface area contributed by atoms with Gasteiger partial charge in [0, 0.05) is 44.9 Å². The fourth-order valence-corrected chi connectivity index (χ4v) is 3.26. The van der Waals surface area contributed by atoms with Crippen molar-refractivity contribution in [3.63, 3.8) is 0 Å². The van der Waals surface area contributed by atoms with Crippen molar-refractivity contribution in [2.45, 2.75) is 38.1 Å². The highest BCUT2D eigenvalue weighted by Crippen LogP contribution is 2.25. The van der Waals surface area contributed by atoms with E-state index in [2.05, 4.69) is 15.3 Å². The second-order valence-corrected chi connectivity index (χ2v) is 6.37. The number of aromatic amines is 1. The Kier molecular flexibility index (Phi) is 5.75. The predicted octanol–water partition coefficient (Wildman–Crippen LogP) is 2.84. The zero-order valence-corrected chi connectivity index (χ0v) is 14.8. The predicted molar refractivity (Wildman–Crippen MR) is 93.4 cm³/mol. The number of aryl methyl sites for hydroxylation is 1. The molecule has 1 fully saturated rings. The summed E-state index contributed by atoms with van der Waals surface area (Å²) in [5.74, 6) is 2.84. The average Bonchev–Trinajstić information content (AvgIpc) is 3.33. The lowest BCUT2D eigenvalue weighted by molar-refractivity contribution is 0.140. The van der Waals surface area contributed by atoms with Gasteiger partial charge in [-0.05, 0) is 25.0 Å². The number of imidazole rings is 1. The molecule has 7 heteroatoms. The van der Waals surface area contributed by atoms with E-state index >= 15 is 0 Å². The number of hydrogen-bond donors (Lipinski definition) is 2. The minimum absolute atomic E-state index is 0.0900.